The van der Waals surface area contributed by atoms with Crippen molar-refractivity contribution in [1.82, 2.24) is 4.90 Å². The highest BCUT2D eigenvalue weighted by molar-refractivity contribution is 8.18. The minimum Gasteiger partial charge on any atom is -0.488 e. The van der Waals surface area contributed by atoms with Gasteiger partial charge in [-0.2, -0.15) is 0 Å². The number of aryl methyl sites for hydroxylation is 1. The molecule has 0 atom stereocenters. The number of nitrogens with zero attached hydrogens (tertiary/aromatic N) is 1. The fourth-order valence-electron chi connectivity index (χ4n) is 3.31. The van der Waals surface area contributed by atoms with Crippen LogP contribution in [0.1, 0.15) is 16.7 Å². The Morgan fingerprint density at radius 1 is 1.03 bits per heavy atom. The van der Waals surface area contributed by atoms with Gasteiger partial charge in [0, 0.05) is 21.3 Å². The molecule has 178 valence electrons. The summed E-state index contributed by atoms with van der Waals surface area (Å²) >= 11 is 12.7. The predicted octanol–water partition coefficient (Wildman–Crippen LogP) is 6.56. The zero-order valence-electron chi connectivity index (χ0n) is 18.6. The van der Waals surface area contributed by atoms with Crippen molar-refractivity contribution in [3.05, 3.63) is 98.4 Å². The molecule has 1 fully saturated rings. The molecule has 0 spiro atoms. The number of halogens is 2. The van der Waals surface area contributed by atoms with Gasteiger partial charge in [0.1, 0.15) is 18.9 Å². The number of ether oxygens (including phenoxy) is 1. The van der Waals surface area contributed by atoms with Crippen molar-refractivity contribution in [1.29, 1.82) is 0 Å². The van der Waals surface area contributed by atoms with Crippen molar-refractivity contribution in [3.8, 4) is 5.75 Å². The number of nitrogens with one attached hydrogen (secondary N) is 1. The average Bonchev–Trinajstić information content (AvgIpc) is 3.09. The molecule has 3 amide bonds. The van der Waals surface area contributed by atoms with Gasteiger partial charge in [-0.05, 0) is 66.2 Å². The lowest BCUT2D eigenvalue weighted by molar-refractivity contribution is -0.127. The fourth-order valence-corrected chi connectivity index (χ4v) is 4.44. The Bertz CT molecular complexity index is 1330. The molecule has 0 saturated carbocycles. The lowest BCUT2D eigenvalue weighted by atomic mass is 10.1. The van der Waals surface area contributed by atoms with Crippen LogP contribution in [0, 0.1) is 6.92 Å². The molecule has 0 bridgehead atoms. The highest BCUT2D eigenvalue weighted by Gasteiger charge is 2.36. The van der Waals surface area contributed by atoms with Gasteiger partial charge in [0.2, 0.25) is 5.91 Å². The average molecular weight is 527 g/mol. The molecular formula is C26H20Cl2N2O4S. The van der Waals surface area contributed by atoms with E-state index in [1.165, 1.54) is 0 Å². The van der Waals surface area contributed by atoms with Crippen molar-refractivity contribution in [3.63, 3.8) is 0 Å². The van der Waals surface area contributed by atoms with Gasteiger partial charge in [-0.1, -0.05) is 59.6 Å². The topological polar surface area (TPSA) is 75.7 Å². The second-order valence-corrected chi connectivity index (χ2v) is 9.59. The standard InChI is InChI=1S/C26H20Cl2N2O4S/c1-16-6-9-20(28)13-21(16)29-24(31)14-30-25(32)23(35-26(30)33)12-18-4-2-3-5-22(18)34-15-17-7-10-19(27)11-8-17/h2-13H,14-15H2,1H3,(H,29,31)/b23-12+. The third-order valence-corrected chi connectivity index (χ3v) is 6.56. The first-order chi connectivity index (χ1) is 16.8. The Balaban J connectivity index is 1.45. The van der Waals surface area contributed by atoms with Gasteiger partial charge in [-0.3, -0.25) is 19.3 Å². The van der Waals surface area contributed by atoms with Crippen LogP contribution in [-0.2, 0) is 16.2 Å². The number of carbonyl (C=O) groups is 3. The molecule has 3 aromatic carbocycles. The number of para-hydroxylation sites is 1. The smallest absolute Gasteiger partial charge is 0.294 e. The van der Waals surface area contributed by atoms with E-state index < -0.39 is 23.6 Å². The van der Waals surface area contributed by atoms with Crippen LogP contribution in [0.2, 0.25) is 10.0 Å². The molecule has 9 heteroatoms. The van der Waals surface area contributed by atoms with Gasteiger partial charge >= 0.3 is 0 Å². The first-order valence-corrected chi connectivity index (χ1v) is 12.1. The number of rotatable bonds is 7. The molecule has 0 aromatic heterocycles. The molecule has 6 nitrogen and oxygen atoms in total. The quantitative estimate of drug-likeness (QED) is 0.353. The van der Waals surface area contributed by atoms with E-state index in [4.69, 9.17) is 27.9 Å². The van der Waals surface area contributed by atoms with Crippen molar-refractivity contribution in [2.75, 3.05) is 11.9 Å². The SMILES string of the molecule is Cc1ccc(Cl)cc1NC(=O)CN1C(=O)S/C(=C/c2ccccc2OCc2ccc(Cl)cc2)C1=O. The molecule has 1 saturated heterocycles. The van der Waals surface area contributed by atoms with E-state index in [1.807, 2.05) is 31.2 Å². The predicted molar refractivity (Wildman–Crippen MR) is 140 cm³/mol. The normalized spacial score (nSPS) is 14.5. The molecule has 1 N–H and O–H groups in total. The summed E-state index contributed by atoms with van der Waals surface area (Å²) < 4.78 is 5.93. The van der Waals surface area contributed by atoms with Crippen LogP contribution >= 0.6 is 35.0 Å². The van der Waals surface area contributed by atoms with Gasteiger partial charge in [-0.25, -0.2) is 0 Å². The Kier molecular flexibility index (Phi) is 7.80. The van der Waals surface area contributed by atoms with E-state index in [2.05, 4.69) is 5.32 Å². The van der Waals surface area contributed by atoms with Gasteiger partial charge < -0.3 is 10.1 Å². The summed E-state index contributed by atoms with van der Waals surface area (Å²) in [6.45, 7) is 1.73. The van der Waals surface area contributed by atoms with Crippen LogP contribution in [0.5, 0.6) is 5.75 Å². The molecule has 0 aliphatic carbocycles. The highest BCUT2D eigenvalue weighted by Crippen LogP contribution is 2.34. The van der Waals surface area contributed by atoms with Crippen molar-refractivity contribution < 1.29 is 19.1 Å². The first kappa shape index (κ1) is 24.9. The molecule has 35 heavy (non-hydrogen) atoms. The van der Waals surface area contributed by atoms with E-state index in [-0.39, 0.29) is 4.91 Å². The lowest BCUT2D eigenvalue weighted by Crippen LogP contribution is -2.36. The number of hydrogen-bond donors (Lipinski definition) is 1. The molecule has 3 aromatic rings. The minimum absolute atomic E-state index is 0.212. The maximum Gasteiger partial charge on any atom is 0.294 e. The van der Waals surface area contributed by atoms with E-state index in [9.17, 15) is 14.4 Å². The van der Waals surface area contributed by atoms with Crippen LogP contribution in [0.4, 0.5) is 10.5 Å². The molecule has 0 unspecified atom stereocenters. The van der Waals surface area contributed by atoms with Crippen LogP contribution in [0.3, 0.4) is 0 Å². The van der Waals surface area contributed by atoms with Gasteiger partial charge in [0.05, 0.1) is 4.91 Å². The minimum atomic E-state index is -0.537. The maximum absolute atomic E-state index is 12.9. The number of benzene rings is 3. The molecule has 1 heterocycles. The fraction of sp³-hybridized carbons (Fsp3) is 0.115. The zero-order chi connectivity index (χ0) is 24.9. The van der Waals surface area contributed by atoms with Crippen LogP contribution < -0.4 is 10.1 Å². The summed E-state index contributed by atoms with van der Waals surface area (Å²) in [4.78, 5) is 39.1. The van der Waals surface area contributed by atoms with Crippen LogP contribution in [-0.4, -0.2) is 28.5 Å². The van der Waals surface area contributed by atoms with Crippen molar-refractivity contribution in [2.24, 2.45) is 0 Å². The van der Waals surface area contributed by atoms with E-state index in [0.717, 1.165) is 27.8 Å². The molecule has 1 aliphatic rings. The zero-order valence-corrected chi connectivity index (χ0v) is 20.9. The summed E-state index contributed by atoms with van der Waals surface area (Å²) in [5.74, 6) is -0.473. The van der Waals surface area contributed by atoms with E-state index >= 15 is 0 Å². The Morgan fingerprint density at radius 2 is 1.74 bits per heavy atom. The molecule has 4 rings (SSSR count). The summed E-state index contributed by atoms with van der Waals surface area (Å²) in [6.07, 6.45) is 1.60. The van der Waals surface area contributed by atoms with Gasteiger partial charge in [0.25, 0.3) is 11.1 Å². The summed E-state index contributed by atoms with van der Waals surface area (Å²) in [7, 11) is 0. The second-order valence-electron chi connectivity index (χ2n) is 7.73. The maximum atomic E-state index is 12.9. The number of anilines is 1. The summed E-state index contributed by atoms with van der Waals surface area (Å²) in [5.41, 5.74) is 2.92. The van der Waals surface area contributed by atoms with Crippen molar-refractivity contribution >= 4 is 63.8 Å². The Hall–Kier alpha value is -3.26. The lowest BCUT2D eigenvalue weighted by Gasteiger charge is -2.14. The monoisotopic (exact) mass is 526 g/mol. The Morgan fingerprint density at radius 3 is 2.51 bits per heavy atom. The van der Waals surface area contributed by atoms with Crippen LogP contribution in [0.15, 0.2) is 71.6 Å². The number of thioether (sulfide) groups is 1. The second kappa shape index (κ2) is 11.0. The number of hydrogen-bond acceptors (Lipinski definition) is 5. The number of amides is 3. The molecule has 1 aliphatic heterocycles. The molecular weight excluding hydrogens is 507 g/mol. The third kappa shape index (κ3) is 6.25. The number of carbonyl (C=O) groups excluding carboxylic acids is 3. The third-order valence-electron chi connectivity index (χ3n) is 5.16. The summed E-state index contributed by atoms with van der Waals surface area (Å²) in [5, 5.41) is 3.30. The first-order valence-electron chi connectivity index (χ1n) is 10.6. The number of imide groups is 1. The Labute approximate surface area is 216 Å². The molecule has 0 radical (unpaired) electrons. The van der Waals surface area contributed by atoms with Crippen molar-refractivity contribution in [2.45, 2.75) is 13.5 Å². The van der Waals surface area contributed by atoms with Crippen LogP contribution in [0.25, 0.3) is 6.08 Å². The van der Waals surface area contributed by atoms with E-state index in [1.54, 1.807) is 48.5 Å². The van der Waals surface area contributed by atoms with Gasteiger partial charge in [-0.15, -0.1) is 0 Å². The van der Waals surface area contributed by atoms with E-state index in [0.29, 0.717) is 33.7 Å². The highest BCUT2D eigenvalue weighted by atomic mass is 35.5. The largest absolute Gasteiger partial charge is 0.488 e. The van der Waals surface area contributed by atoms with Gasteiger partial charge in [0.15, 0.2) is 0 Å². The summed E-state index contributed by atoms with van der Waals surface area (Å²) in [6, 6.07) is 19.6.